The molecule has 0 aliphatic rings. The molecule has 8 heteroatoms. The minimum absolute atomic E-state index is 0.0885. The molecule has 0 fully saturated rings. The van der Waals surface area contributed by atoms with Crippen LogP contribution in [-0.4, -0.2) is 32.8 Å². The van der Waals surface area contributed by atoms with Crippen molar-refractivity contribution in [1.82, 2.24) is 19.7 Å². The monoisotopic (exact) mass is 344 g/mol. The van der Waals surface area contributed by atoms with Crippen LogP contribution in [0.15, 0.2) is 41.6 Å². The average Bonchev–Trinajstić information content (AvgIpc) is 2.58. The number of rotatable bonds is 5. The van der Waals surface area contributed by atoms with Gasteiger partial charge in [-0.25, -0.2) is 14.6 Å². The summed E-state index contributed by atoms with van der Waals surface area (Å²) in [5.74, 6) is 0.582. The van der Waals surface area contributed by atoms with Crippen LogP contribution in [0.25, 0.3) is 10.8 Å². The largest absolute Gasteiger partial charge is 0.383 e. The highest BCUT2D eigenvalue weighted by Gasteiger charge is 2.13. The van der Waals surface area contributed by atoms with Crippen molar-refractivity contribution in [2.24, 2.45) is 0 Å². The molecule has 2 aromatic heterocycles. The number of nitrogens with one attached hydrogen (secondary N) is 2. The van der Waals surface area contributed by atoms with Crippen LogP contribution in [0.2, 0.25) is 5.15 Å². The molecule has 1 unspecified atom stereocenters. The second-order valence-electron chi connectivity index (χ2n) is 5.40. The molecule has 0 aliphatic carbocycles. The number of aromatic nitrogens is 4. The Morgan fingerprint density at radius 2 is 2.08 bits per heavy atom. The fourth-order valence-electron chi connectivity index (χ4n) is 2.49. The van der Waals surface area contributed by atoms with Gasteiger partial charge in [0, 0.05) is 18.5 Å². The van der Waals surface area contributed by atoms with Crippen molar-refractivity contribution in [1.29, 1.82) is 0 Å². The average molecular weight is 345 g/mol. The van der Waals surface area contributed by atoms with E-state index in [1.165, 1.54) is 11.0 Å². The summed E-state index contributed by atoms with van der Waals surface area (Å²) in [5, 5.41) is 12.3. The lowest BCUT2D eigenvalue weighted by Gasteiger charge is -2.17. The van der Waals surface area contributed by atoms with Gasteiger partial charge in [0.15, 0.2) is 11.0 Å². The third-order valence-corrected chi connectivity index (χ3v) is 3.93. The zero-order chi connectivity index (χ0) is 17.1. The third kappa shape index (κ3) is 3.16. The molecule has 0 aliphatic heterocycles. The number of hydrogen-bond donors (Lipinski definition) is 2. The summed E-state index contributed by atoms with van der Waals surface area (Å²) in [6.45, 7) is 2.34. The number of fused-ring (bicyclic) bond motifs is 1. The van der Waals surface area contributed by atoms with E-state index in [9.17, 15) is 4.79 Å². The SMILES string of the molecule is CNc1c(Cl)ncnc1NC(C)Cn1ncc2ccccc2c1=O. The van der Waals surface area contributed by atoms with E-state index in [-0.39, 0.29) is 11.6 Å². The van der Waals surface area contributed by atoms with E-state index in [1.807, 2.05) is 25.1 Å². The van der Waals surface area contributed by atoms with E-state index >= 15 is 0 Å². The molecular formula is C16H17ClN6O. The molecule has 0 bridgehead atoms. The Kier molecular flexibility index (Phi) is 4.61. The molecule has 3 aromatic rings. The predicted octanol–water partition coefficient (Wildman–Crippen LogP) is 2.38. The van der Waals surface area contributed by atoms with Gasteiger partial charge in [0.1, 0.15) is 12.0 Å². The molecule has 24 heavy (non-hydrogen) atoms. The molecule has 0 radical (unpaired) electrons. The van der Waals surface area contributed by atoms with Gasteiger partial charge in [0.2, 0.25) is 0 Å². The number of anilines is 2. The van der Waals surface area contributed by atoms with Crippen molar-refractivity contribution in [3.63, 3.8) is 0 Å². The van der Waals surface area contributed by atoms with Crippen LogP contribution in [0.3, 0.4) is 0 Å². The quantitative estimate of drug-likeness (QED) is 0.691. The van der Waals surface area contributed by atoms with Gasteiger partial charge in [0.05, 0.1) is 18.1 Å². The van der Waals surface area contributed by atoms with Crippen molar-refractivity contribution < 1.29 is 0 Å². The summed E-state index contributed by atoms with van der Waals surface area (Å²) in [5.41, 5.74) is 0.501. The summed E-state index contributed by atoms with van der Waals surface area (Å²) >= 11 is 6.04. The van der Waals surface area contributed by atoms with Crippen molar-refractivity contribution in [2.75, 3.05) is 17.7 Å². The molecule has 0 saturated heterocycles. The molecule has 1 aromatic carbocycles. The zero-order valence-electron chi connectivity index (χ0n) is 13.3. The number of halogens is 1. The minimum atomic E-state index is -0.115. The van der Waals surface area contributed by atoms with E-state index in [2.05, 4.69) is 25.7 Å². The molecule has 0 saturated carbocycles. The van der Waals surface area contributed by atoms with Gasteiger partial charge in [-0.3, -0.25) is 4.79 Å². The highest BCUT2D eigenvalue weighted by Crippen LogP contribution is 2.25. The van der Waals surface area contributed by atoms with Gasteiger partial charge in [-0.1, -0.05) is 29.8 Å². The molecule has 1 atom stereocenters. The normalized spacial score (nSPS) is 12.1. The Morgan fingerprint density at radius 3 is 2.88 bits per heavy atom. The second-order valence-corrected chi connectivity index (χ2v) is 5.76. The van der Waals surface area contributed by atoms with Crippen LogP contribution in [0.1, 0.15) is 6.92 Å². The van der Waals surface area contributed by atoms with Gasteiger partial charge in [-0.15, -0.1) is 0 Å². The third-order valence-electron chi connectivity index (χ3n) is 3.64. The summed E-state index contributed by atoms with van der Waals surface area (Å²) in [7, 11) is 1.75. The van der Waals surface area contributed by atoms with Gasteiger partial charge in [0.25, 0.3) is 5.56 Å². The summed E-state index contributed by atoms with van der Waals surface area (Å²) in [6, 6.07) is 7.32. The van der Waals surface area contributed by atoms with Crippen LogP contribution in [0, 0.1) is 0 Å². The topological polar surface area (TPSA) is 84.7 Å². The Labute approximate surface area is 143 Å². The van der Waals surface area contributed by atoms with E-state index in [0.29, 0.717) is 28.6 Å². The van der Waals surface area contributed by atoms with Crippen molar-refractivity contribution >= 4 is 33.9 Å². The van der Waals surface area contributed by atoms with Crippen LogP contribution in [0.4, 0.5) is 11.5 Å². The Morgan fingerprint density at radius 1 is 1.29 bits per heavy atom. The van der Waals surface area contributed by atoms with Crippen molar-refractivity contribution in [3.05, 3.63) is 52.3 Å². The predicted molar refractivity (Wildman–Crippen MR) is 95.7 cm³/mol. The van der Waals surface area contributed by atoms with Crippen LogP contribution < -0.4 is 16.2 Å². The van der Waals surface area contributed by atoms with Crippen molar-refractivity contribution in [2.45, 2.75) is 19.5 Å². The molecule has 2 heterocycles. The Hall–Kier alpha value is -2.67. The first-order valence-electron chi connectivity index (χ1n) is 7.50. The smallest absolute Gasteiger partial charge is 0.274 e. The molecule has 2 N–H and O–H groups in total. The van der Waals surface area contributed by atoms with E-state index in [0.717, 1.165) is 5.39 Å². The lowest BCUT2D eigenvalue weighted by molar-refractivity contribution is 0.536. The maximum atomic E-state index is 12.5. The number of benzene rings is 1. The van der Waals surface area contributed by atoms with Crippen LogP contribution >= 0.6 is 11.6 Å². The van der Waals surface area contributed by atoms with Gasteiger partial charge in [-0.05, 0) is 13.0 Å². The lowest BCUT2D eigenvalue weighted by Crippen LogP contribution is -2.31. The first-order chi connectivity index (χ1) is 11.6. The first-order valence-corrected chi connectivity index (χ1v) is 7.87. The highest BCUT2D eigenvalue weighted by molar-refractivity contribution is 6.32. The maximum absolute atomic E-state index is 12.5. The summed E-state index contributed by atoms with van der Waals surface area (Å²) in [6.07, 6.45) is 3.09. The molecule has 124 valence electrons. The van der Waals surface area contributed by atoms with Crippen LogP contribution in [-0.2, 0) is 6.54 Å². The standard InChI is InChI=1S/C16H17ClN6O/c1-10(22-15-13(18-2)14(17)19-9-20-15)8-23-16(24)12-6-4-3-5-11(12)7-21-23/h3-7,9-10,18H,8H2,1-2H3,(H,19,20,22). The highest BCUT2D eigenvalue weighted by atomic mass is 35.5. The van der Waals surface area contributed by atoms with E-state index in [1.54, 1.807) is 19.3 Å². The molecule has 0 amide bonds. The minimum Gasteiger partial charge on any atom is -0.383 e. The van der Waals surface area contributed by atoms with Crippen molar-refractivity contribution in [3.8, 4) is 0 Å². The summed E-state index contributed by atoms with van der Waals surface area (Å²) in [4.78, 5) is 20.6. The van der Waals surface area contributed by atoms with E-state index < -0.39 is 0 Å². The zero-order valence-corrected chi connectivity index (χ0v) is 14.1. The van der Waals surface area contributed by atoms with E-state index in [4.69, 9.17) is 11.6 Å². The number of hydrogen-bond acceptors (Lipinski definition) is 6. The van der Waals surface area contributed by atoms with Gasteiger partial charge < -0.3 is 10.6 Å². The van der Waals surface area contributed by atoms with Gasteiger partial charge in [-0.2, -0.15) is 5.10 Å². The molecular weight excluding hydrogens is 328 g/mol. The Balaban J connectivity index is 1.83. The lowest BCUT2D eigenvalue weighted by atomic mass is 10.2. The van der Waals surface area contributed by atoms with Gasteiger partial charge >= 0.3 is 0 Å². The fraction of sp³-hybridized carbons (Fsp3) is 0.250. The molecule has 0 spiro atoms. The maximum Gasteiger partial charge on any atom is 0.274 e. The first kappa shape index (κ1) is 16.2. The Bertz CT molecular complexity index is 926. The van der Waals surface area contributed by atoms with Crippen LogP contribution in [0.5, 0.6) is 0 Å². The fourth-order valence-corrected chi connectivity index (χ4v) is 2.72. The number of nitrogens with zero attached hydrogens (tertiary/aromatic N) is 4. The second kappa shape index (κ2) is 6.84. The summed E-state index contributed by atoms with van der Waals surface area (Å²) < 4.78 is 1.45. The molecule has 3 rings (SSSR count). The molecule has 7 nitrogen and oxygen atoms in total.